The summed E-state index contributed by atoms with van der Waals surface area (Å²) in [5.41, 5.74) is 5.22. The van der Waals surface area contributed by atoms with Crippen molar-refractivity contribution >= 4 is 73.0 Å². The molecule has 17 heteroatoms. The number of amides is 3. The molecule has 15 nitrogen and oxygen atoms in total. The minimum Gasteiger partial charge on any atom is -0.353 e. The topological polar surface area (TPSA) is 184 Å². The summed E-state index contributed by atoms with van der Waals surface area (Å²) in [5.74, 6) is -0.607. The van der Waals surface area contributed by atoms with Crippen LogP contribution in [-0.2, 0) is 18.2 Å². The molecule has 276 valence electrons. The number of hydrogen-bond acceptors (Lipinski definition) is 11. The number of carbonyl (C=O) groups excluding carboxylic acids is 3. The van der Waals surface area contributed by atoms with E-state index in [1.54, 1.807) is 30.0 Å². The van der Waals surface area contributed by atoms with Gasteiger partial charge in [-0.3, -0.25) is 19.1 Å². The van der Waals surface area contributed by atoms with Crippen LogP contribution in [0.3, 0.4) is 0 Å². The first-order chi connectivity index (χ1) is 25.4. The molecule has 1 saturated heterocycles. The lowest BCUT2D eigenvalue weighted by atomic mass is 9.91. The van der Waals surface area contributed by atoms with Gasteiger partial charge in [0.1, 0.15) is 9.24 Å². The molecular formula is C36H39IN10O5S. The van der Waals surface area contributed by atoms with Crippen LogP contribution >= 0.6 is 22.6 Å². The molecule has 3 aromatic heterocycles. The van der Waals surface area contributed by atoms with E-state index in [1.165, 1.54) is 6.07 Å². The van der Waals surface area contributed by atoms with Gasteiger partial charge in [0.25, 0.3) is 11.8 Å². The van der Waals surface area contributed by atoms with Crippen LogP contribution < -0.4 is 20.9 Å². The van der Waals surface area contributed by atoms with Crippen molar-refractivity contribution in [1.82, 2.24) is 35.2 Å². The highest BCUT2D eigenvalue weighted by Gasteiger charge is 2.47. The number of aromatic nitrogens is 5. The van der Waals surface area contributed by atoms with Gasteiger partial charge in [0.05, 0.1) is 40.7 Å². The van der Waals surface area contributed by atoms with Gasteiger partial charge >= 0.3 is 0 Å². The minimum absolute atomic E-state index is 0.0222. The zero-order valence-corrected chi connectivity index (χ0v) is 32.4. The van der Waals surface area contributed by atoms with E-state index in [1.807, 2.05) is 36.1 Å². The van der Waals surface area contributed by atoms with Crippen LogP contribution in [0, 0.1) is 5.92 Å². The fourth-order valence-corrected chi connectivity index (χ4v) is 8.49. The summed E-state index contributed by atoms with van der Waals surface area (Å²) in [5, 5.41) is 22.6. The Labute approximate surface area is 320 Å². The van der Waals surface area contributed by atoms with E-state index in [-0.39, 0.29) is 63.7 Å². The monoisotopic (exact) mass is 850 g/mol. The van der Waals surface area contributed by atoms with Crippen molar-refractivity contribution in [3.8, 4) is 11.1 Å². The third-order valence-corrected chi connectivity index (χ3v) is 14.0. The van der Waals surface area contributed by atoms with Gasteiger partial charge in [0.15, 0.2) is 26.4 Å². The maximum absolute atomic E-state index is 13.4. The normalized spacial score (nSPS) is 19.5. The number of para-hydroxylation sites is 1. The summed E-state index contributed by atoms with van der Waals surface area (Å²) in [6, 6.07) is 12.1. The molecule has 4 aromatic rings. The predicted octanol–water partition coefficient (Wildman–Crippen LogP) is 4.66. The lowest BCUT2D eigenvalue weighted by Gasteiger charge is -2.46. The second-order valence-electron chi connectivity index (χ2n) is 14.0. The lowest BCUT2D eigenvalue weighted by molar-refractivity contribution is -0.117. The Morgan fingerprint density at radius 3 is 2.43 bits per heavy atom. The zero-order chi connectivity index (χ0) is 37.2. The predicted molar refractivity (Wildman–Crippen MR) is 206 cm³/mol. The number of pyridine rings is 1. The smallest absolute Gasteiger partial charge is 0.274 e. The van der Waals surface area contributed by atoms with Crippen LogP contribution in [0.5, 0.6) is 0 Å². The molecule has 8 rings (SSSR count). The Bertz CT molecular complexity index is 2270. The number of rotatable bonds is 11. The average molecular weight is 851 g/mol. The number of sulfone groups is 1. The molecule has 3 amide bonds. The second kappa shape index (κ2) is 13.3. The van der Waals surface area contributed by atoms with Crippen LogP contribution in [0.25, 0.3) is 11.1 Å². The number of fused-ring (bicyclic) bond motifs is 3. The van der Waals surface area contributed by atoms with E-state index in [0.29, 0.717) is 18.8 Å². The molecule has 53 heavy (non-hydrogen) atoms. The summed E-state index contributed by atoms with van der Waals surface area (Å²) in [4.78, 5) is 47.3. The summed E-state index contributed by atoms with van der Waals surface area (Å²) in [7, 11) is -1.52. The first-order valence-electron chi connectivity index (χ1n) is 17.8. The van der Waals surface area contributed by atoms with E-state index in [4.69, 9.17) is 5.10 Å². The molecule has 3 fully saturated rings. The van der Waals surface area contributed by atoms with Crippen LogP contribution in [0.15, 0.2) is 53.7 Å². The lowest BCUT2D eigenvalue weighted by Crippen LogP contribution is -2.53. The Kier molecular flexibility index (Phi) is 8.90. The standard InChI is InChI=1S/C36H39IN10O5S/c1-4-36(37)32-24(17-38-47(32)22-18-46(19-22)35(50)26-10-7-11-29(41-26)53(51,52)5-2)23-8-6-9-25(31(23)45(36)3)40-27-16-28(42-33(48)20-12-13-20)43-44-30(27)34(49)39-21-14-15-21/h6-11,16-17,20-22H,4-5,12-15,18-19H2,1-3H3,(H,39,49)(H2,40,42,43,48)/t36-/m0/s1. The number of nitrogens with zero attached hydrogens (tertiary/aromatic N) is 7. The first kappa shape index (κ1) is 35.4. The Morgan fingerprint density at radius 2 is 1.74 bits per heavy atom. The van der Waals surface area contributed by atoms with E-state index >= 15 is 0 Å². The van der Waals surface area contributed by atoms with Gasteiger partial charge in [0, 0.05) is 49.3 Å². The number of likely N-dealkylation sites (tertiary alicyclic amines) is 1. The van der Waals surface area contributed by atoms with Crippen molar-refractivity contribution in [2.45, 2.75) is 66.6 Å². The Morgan fingerprint density at radius 1 is 0.981 bits per heavy atom. The molecule has 1 atom stereocenters. The largest absolute Gasteiger partial charge is 0.353 e. The van der Waals surface area contributed by atoms with E-state index < -0.39 is 13.4 Å². The third-order valence-electron chi connectivity index (χ3n) is 10.3. The van der Waals surface area contributed by atoms with Crippen LogP contribution in [-0.4, -0.2) is 87.9 Å². The Hall–Kier alpha value is -4.65. The van der Waals surface area contributed by atoms with E-state index in [9.17, 15) is 22.8 Å². The molecule has 0 unspecified atom stereocenters. The highest BCUT2D eigenvalue weighted by molar-refractivity contribution is 14.1. The van der Waals surface area contributed by atoms with Crippen molar-refractivity contribution < 1.29 is 22.8 Å². The fraction of sp³-hybridized carbons (Fsp3) is 0.417. The van der Waals surface area contributed by atoms with Gasteiger partial charge < -0.3 is 25.8 Å². The quantitative estimate of drug-likeness (QED) is 0.108. The average Bonchev–Trinajstić information content (AvgIpc) is 4.08. The summed E-state index contributed by atoms with van der Waals surface area (Å²) in [6.45, 7) is 4.46. The van der Waals surface area contributed by atoms with Crippen LogP contribution in [0.4, 0.5) is 22.9 Å². The van der Waals surface area contributed by atoms with Crippen molar-refractivity contribution in [3.63, 3.8) is 0 Å². The number of carbonyl (C=O) groups is 3. The maximum Gasteiger partial charge on any atom is 0.274 e. The van der Waals surface area contributed by atoms with Gasteiger partial charge in [-0.25, -0.2) is 13.4 Å². The van der Waals surface area contributed by atoms with Crippen LogP contribution in [0.2, 0.25) is 0 Å². The maximum atomic E-state index is 13.4. The zero-order valence-electron chi connectivity index (χ0n) is 29.5. The highest BCUT2D eigenvalue weighted by Crippen LogP contribution is 2.55. The second-order valence-corrected chi connectivity index (χ2v) is 18.0. The molecule has 2 aliphatic carbocycles. The summed E-state index contributed by atoms with van der Waals surface area (Å²) >= 11 is 2.48. The molecule has 2 aliphatic heterocycles. The number of hydrogen-bond donors (Lipinski definition) is 3. The molecular weight excluding hydrogens is 811 g/mol. The van der Waals surface area contributed by atoms with Gasteiger partial charge in [-0.15, -0.1) is 10.2 Å². The first-order valence-corrected chi connectivity index (χ1v) is 20.5. The molecule has 0 radical (unpaired) electrons. The molecule has 1 aromatic carbocycles. The van der Waals surface area contributed by atoms with Gasteiger partial charge in [-0.05, 0) is 72.9 Å². The third kappa shape index (κ3) is 6.40. The molecule has 0 bridgehead atoms. The number of nitrogens with one attached hydrogen (secondary N) is 3. The molecule has 5 heterocycles. The molecule has 2 saturated carbocycles. The number of halogens is 1. The Balaban J connectivity index is 1.10. The van der Waals surface area contributed by atoms with E-state index in [2.05, 4.69) is 65.5 Å². The number of alkyl halides is 1. The SMILES string of the molecule is CC[C@@]1(I)c2c(cnn2C2CN(C(=O)c3cccc(S(=O)(=O)CC)n3)C2)-c2cccc(Nc3cc(NC(=O)C4CC4)nnc3C(=O)NC3CC3)c2N1C. The van der Waals surface area contributed by atoms with Gasteiger partial charge in [-0.2, -0.15) is 5.10 Å². The summed E-state index contributed by atoms with van der Waals surface area (Å²) < 4.78 is 26.3. The number of anilines is 4. The molecule has 3 N–H and O–H groups in total. The van der Waals surface area contributed by atoms with Crippen molar-refractivity contribution in [2.75, 3.05) is 41.4 Å². The van der Waals surface area contributed by atoms with Crippen molar-refractivity contribution in [3.05, 3.63) is 65.7 Å². The molecule has 4 aliphatic rings. The number of benzene rings is 1. The highest BCUT2D eigenvalue weighted by atomic mass is 127. The van der Waals surface area contributed by atoms with Crippen LogP contribution in [0.1, 0.15) is 78.7 Å². The summed E-state index contributed by atoms with van der Waals surface area (Å²) in [6.07, 6.45) is 6.12. The van der Waals surface area contributed by atoms with Crippen molar-refractivity contribution in [1.29, 1.82) is 0 Å². The molecule has 0 spiro atoms. The fourth-order valence-electron chi connectivity index (χ4n) is 6.89. The van der Waals surface area contributed by atoms with Gasteiger partial charge in [-0.1, -0.05) is 32.0 Å². The minimum atomic E-state index is -3.55. The van der Waals surface area contributed by atoms with E-state index in [0.717, 1.165) is 60.3 Å². The van der Waals surface area contributed by atoms with Gasteiger partial charge in [0.2, 0.25) is 5.91 Å². The van der Waals surface area contributed by atoms with Crippen molar-refractivity contribution in [2.24, 2.45) is 5.92 Å².